The number of nitrogens with zero attached hydrogens (tertiary/aromatic N) is 3. The van der Waals surface area contributed by atoms with E-state index in [4.69, 9.17) is 11.6 Å². The SMILES string of the molecule is CCc1ccc(-n2c(SCc3ccccc3)nnc2-c2ccc(Cl)cc2)cc1. The second kappa shape index (κ2) is 8.63. The predicted molar refractivity (Wildman–Crippen MR) is 117 cm³/mol. The molecule has 0 aliphatic heterocycles. The molecule has 0 saturated heterocycles. The fraction of sp³-hybridized carbons (Fsp3) is 0.130. The molecule has 0 unspecified atom stereocenters. The molecular weight excluding hydrogens is 386 g/mol. The number of aromatic nitrogens is 3. The van der Waals surface area contributed by atoms with E-state index in [9.17, 15) is 0 Å². The third kappa shape index (κ3) is 4.13. The minimum atomic E-state index is 0.709. The van der Waals surface area contributed by atoms with Gasteiger partial charge in [0.15, 0.2) is 11.0 Å². The third-order valence-corrected chi connectivity index (χ3v) is 5.80. The first-order chi connectivity index (χ1) is 13.7. The van der Waals surface area contributed by atoms with Crippen LogP contribution in [0.4, 0.5) is 0 Å². The zero-order valence-electron chi connectivity index (χ0n) is 15.5. The van der Waals surface area contributed by atoms with Crippen molar-refractivity contribution in [3.63, 3.8) is 0 Å². The summed E-state index contributed by atoms with van der Waals surface area (Å²) in [5.41, 5.74) is 4.62. The van der Waals surface area contributed by atoms with Gasteiger partial charge in [0.25, 0.3) is 0 Å². The summed E-state index contributed by atoms with van der Waals surface area (Å²) in [6, 6.07) is 26.7. The highest BCUT2D eigenvalue weighted by Gasteiger charge is 2.16. The van der Waals surface area contributed by atoms with E-state index in [1.165, 1.54) is 11.1 Å². The minimum absolute atomic E-state index is 0.709. The van der Waals surface area contributed by atoms with Crippen molar-refractivity contribution in [3.8, 4) is 17.1 Å². The Bertz CT molecular complexity index is 1040. The molecule has 5 heteroatoms. The lowest BCUT2D eigenvalue weighted by molar-refractivity contribution is 0.885. The summed E-state index contributed by atoms with van der Waals surface area (Å²) in [6.45, 7) is 2.16. The van der Waals surface area contributed by atoms with E-state index in [2.05, 4.69) is 70.2 Å². The lowest BCUT2D eigenvalue weighted by Crippen LogP contribution is -2.00. The highest BCUT2D eigenvalue weighted by Crippen LogP contribution is 2.30. The lowest BCUT2D eigenvalue weighted by Gasteiger charge is -2.11. The molecule has 4 rings (SSSR count). The number of hydrogen-bond acceptors (Lipinski definition) is 3. The van der Waals surface area contributed by atoms with Crippen molar-refractivity contribution < 1.29 is 0 Å². The Morgan fingerprint density at radius 3 is 2.21 bits per heavy atom. The van der Waals surface area contributed by atoms with Gasteiger partial charge in [0, 0.05) is 22.0 Å². The highest BCUT2D eigenvalue weighted by molar-refractivity contribution is 7.98. The van der Waals surface area contributed by atoms with E-state index < -0.39 is 0 Å². The van der Waals surface area contributed by atoms with Gasteiger partial charge in [0.05, 0.1) is 0 Å². The molecule has 3 aromatic carbocycles. The van der Waals surface area contributed by atoms with E-state index in [1.807, 2.05) is 30.3 Å². The van der Waals surface area contributed by atoms with Crippen LogP contribution in [-0.4, -0.2) is 14.8 Å². The summed E-state index contributed by atoms with van der Waals surface area (Å²) >= 11 is 7.75. The van der Waals surface area contributed by atoms with Gasteiger partial charge in [-0.3, -0.25) is 4.57 Å². The molecule has 0 amide bonds. The Kier molecular flexibility index (Phi) is 5.79. The van der Waals surface area contributed by atoms with Gasteiger partial charge in [-0.25, -0.2) is 0 Å². The second-order valence-corrected chi connectivity index (χ2v) is 7.82. The summed E-state index contributed by atoms with van der Waals surface area (Å²) in [4.78, 5) is 0. The van der Waals surface area contributed by atoms with Gasteiger partial charge in [0.2, 0.25) is 0 Å². The molecule has 0 N–H and O–H groups in total. The van der Waals surface area contributed by atoms with Crippen molar-refractivity contribution in [1.29, 1.82) is 0 Å². The molecular formula is C23H20ClN3S. The summed E-state index contributed by atoms with van der Waals surface area (Å²) in [7, 11) is 0. The normalized spacial score (nSPS) is 10.9. The quantitative estimate of drug-likeness (QED) is 0.346. The number of halogens is 1. The van der Waals surface area contributed by atoms with Crippen LogP contribution in [0, 0.1) is 0 Å². The molecule has 0 radical (unpaired) electrons. The van der Waals surface area contributed by atoms with Gasteiger partial charge in [-0.1, -0.05) is 72.8 Å². The van der Waals surface area contributed by atoms with E-state index in [1.54, 1.807) is 11.8 Å². The van der Waals surface area contributed by atoms with Crippen LogP contribution in [-0.2, 0) is 12.2 Å². The van der Waals surface area contributed by atoms with Gasteiger partial charge < -0.3 is 0 Å². The van der Waals surface area contributed by atoms with Crippen molar-refractivity contribution in [3.05, 3.63) is 95.0 Å². The summed E-state index contributed by atoms with van der Waals surface area (Å²) in [5.74, 6) is 1.66. The Balaban J connectivity index is 1.73. The Morgan fingerprint density at radius 1 is 0.821 bits per heavy atom. The maximum atomic E-state index is 6.07. The van der Waals surface area contributed by atoms with Crippen molar-refractivity contribution in [2.24, 2.45) is 0 Å². The molecule has 0 atom stereocenters. The van der Waals surface area contributed by atoms with Crippen molar-refractivity contribution in [1.82, 2.24) is 14.8 Å². The van der Waals surface area contributed by atoms with Crippen molar-refractivity contribution in [2.45, 2.75) is 24.3 Å². The van der Waals surface area contributed by atoms with Gasteiger partial charge in [-0.2, -0.15) is 0 Å². The minimum Gasteiger partial charge on any atom is -0.270 e. The van der Waals surface area contributed by atoms with Crippen LogP contribution in [0.15, 0.2) is 84.0 Å². The lowest BCUT2D eigenvalue weighted by atomic mass is 10.1. The van der Waals surface area contributed by atoms with Crippen LogP contribution in [0.25, 0.3) is 17.1 Å². The zero-order valence-corrected chi connectivity index (χ0v) is 17.1. The Labute approximate surface area is 174 Å². The maximum Gasteiger partial charge on any atom is 0.196 e. The maximum absolute atomic E-state index is 6.07. The Hall–Kier alpha value is -2.56. The fourth-order valence-electron chi connectivity index (χ4n) is 2.98. The van der Waals surface area contributed by atoms with Crippen LogP contribution >= 0.6 is 23.4 Å². The topological polar surface area (TPSA) is 30.7 Å². The first kappa shape index (κ1) is 18.8. The summed E-state index contributed by atoms with van der Waals surface area (Å²) in [5, 5.41) is 10.6. The molecule has 4 aromatic rings. The third-order valence-electron chi connectivity index (χ3n) is 4.55. The summed E-state index contributed by atoms with van der Waals surface area (Å²) in [6.07, 6.45) is 1.02. The average molecular weight is 406 g/mol. The molecule has 0 spiro atoms. The fourth-order valence-corrected chi connectivity index (χ4v) is 4.02. The standard InChI is InChI=1S/C23H20ClN3S/c1-2-17-8-14-21(15-9-17)27-22(19-10-12-20(24)13-11-19)25-26-23(27)28-16-18-6-4-3-5-7-18/h3-15H,2,16H2,1H3. The number of rotatable bonds is 6. The first-order valence-corrected chi connectivity index (χ1v) is 10.6. The van der Waals surface area contributed by atoms with Crippen molar-refractivity contribution >= 4 is 23.4 Å². The van der Waals surface area contributed by atoms with E-state index >= 15 is 0 Å². The van der Waals surface area contributed by atoms with Crippen LogP contribution in [0.1, 0.15) is 18.1 Å². The van der Waals surface area contributed by atoms with Crippen LogP contribution < -0.4 is 0 Å². The molecule has 0 fully saturated rings. The molecule has 140 valence electrons. The van der Waals surface area contributed by atoms with Gasteiger partial charge in [-0.05, 0) is 53.9 Å². The van der Waals surface area contributed by atoms with Crippen molar-refractivity contribution in [2.75, 3.05) is 0 Å². The summed E-state index contributed by atoms with van der Waals surface area (Å²) < 4.78 is 2.12. The largest absolute Gasteiger partial charge is 0.270 e. The molecule has 0 aliphatic rings. The van der Waals surface area contributed by atoms with Gasteiger partial charge in [-0.15, -0.1) is 10.2 Å². The molecule has 1 heterocycles. The molecule has 0 aliphatic carbocycles. The zero-order chi connectivity index (χ0) is 19.3. The van der Waals surface area contributed by atoms with E-state index in [-0.39, 0.29) is 0 Å². The number of thioether (sulfide) groups is 1. The molecule has 3 nitrogen and oxygen atoms in total. The second-order valence-electron chi connectivity index (χ2n) is 6.44. The number of aryl methyl sites for hydroxylation is 1. The van der Waals surface area contributed by atoms with Crippen LogP contribution in [0.5, 0.6) is 0 Å². The van der Waals surface area contributed by atoms with Gasteiger partial charge >= 0.3 is 0 Å². The van der Waals surface area contributed by atoms with Crippen LogP contribution in [0.3, 0.4) is 0 Å². The number of benzene rings is 3. The Morgan fingerprint density at radius 2 is 1.54 bits per heavy atom. The molecule has 1 aromatic heterocycles. The predicted octanol–water partition coefficient (Wildman–Crippen LogP) is 6.44. The molecule has 0 bridgehead atoms. The average Bonchev–Trinajstić information content (AvgIpc) is 3.17. The molecule has 0 saturated carbocycles. The number of hydrogen-bond donors (Lipinski definition) is 0. The monoisotopic (exact) mass is 405 g/mol. The smallest absolute Gasteiger partial charge is 0.196 e. The van der Waals surface area contributed by atoms with Crippen LogP contribution in [0.2, 0.25) is 5.02 Å². The van der Waals surface area contributed by atoms with Gasteiger partial charge in [0.1, 0.15) is 0 Å². The first-order valence-electron chi connectivity index (χ1n) is 9.22. The molecule has 28 heavy (non-hydrogen) atoms. The van der Waals surface area contributed by atoms with E-state index in [0.717, 1.165) is 34.4 Å². The van der Waals surface area contributed by atoms with E-state index in [0.29, 0.717) is 5.02 Å². The highest BCUT2D eigenvalue weighted by atomic mass is 35.5.